The minimum absolute atomic E-state index is 0.0449. The number of rotatable bonds is 5. The average Bonchev–Trinajstić information content (AvgIpc) is 2.62. The predicted molar refractivity (Wildman–Crippen MR) is 117 cm³/mol. The monoisotopic (exact) mass is 428 g/mol. The van der Waals surface area contributed by atoms with Crippen LogP contribution in [0.25, 0.3) is 0 Å². The minimum Gasteiger partial charge on any atom is -0.321 e. The van der Waals surface area contributed by atoms with Crippen molar-refractivity contribution in [2.45, 2.75) is 25.7 Å². The van der Waals surface area contributed by atoms with Crippen LogP contribution in [0, 0.1) is 20.8 Å². The van der Waals surface area contributed by atoms with Crippen LogP contribution in [0.5, 0.6) is 0 Å². The van der Waals surface area contributed by atoms with Gasteiger partial charge in [-0.2, -0.15) is 0 Å². The van der Waals surface area contributed by atoms with E-state index in [2.05, 4.69) is 10.0 Å². The number of nitrogens with one attached hydrogen (secondary N) is 2. The molecule has 0 aromatic heterocycles. The van der Waals surface area contributed by atoms with Crippen molar-refractivity contribution in [3.63, 3.8) is 0 Å². The number of benzene rings is 3. The zero-order valence-electron chi connectivity index (χ0n) is 16.3. The molecular weight excluding hydrogens is 408 g/mol. The lowest BCUT2D eigenvalue weighted by Crippen LogP contribution is -2.17. The fourth-order valence-electron chi connectivity index (χ4n) is 3.03. The summed E-state index contributed by atoms with van der Waals surface area (Å²) >= 11 is 6.08. The summed E-state index contributed by atoms with van der Waals surface area (Å²) in [5.74, 6) is -0.444. The molecule has 0 aliphatic carbocycles. The number of hydrogen-bond donors (Lipinski definition) is 2. The lowest BCUT2D eigenvalue weighted by Gasteiger charge is -2.13. The van der Waals surface area contributed by atoms with Crippen LogP contribution < -0.4 is 10.0 Å². The third-order valence-electron chi connectivity index (χ3n) is 4.34. The minimum atomic E-state index is -3.87. The first kappa shape index (κ1) is 20.9. The quantitative estimate of drug-likeness (QED) is 0.577. The van der Waals surface area contributed by atoms with Gasteiger partial charge in [0.25, 0.3) is 15.9 Å². The van der Waals surface area contributed by atoms with Crippen LogP contribution in [0.15, 0.2) is 65.6 Å². The highest BCUT2D eigenvalue weighted by Crippen LogP contribution is 2.24. The number of carbonyl (C=O) groups is 1. The lowest BCUT2D eigenvalue weighted by molar-refractivity contribution is 0.102. The summed E-state index contributed by atoms with van der Waals surface area (Å²) in [6.45, 7) is 5.48. The molecule has 3 rings (SSSR count). The van der Waals surface area contributed by atoms with Gasteiger partial charge in [0.2, 0.25) is 0 Å². The maximum Gasteiger partial charge on any atom is 0.262 e. The summed E-state index contributed by atoms with van der Waals surface area (Å²) in [6, 6.07) is 16.9. The summed E-state index contributed by atoms with van der Waals surface area (Å²) in [4.78, 5) is 12.7. The van der Waals surface area contributed by atoms with Crippen molar-refractivity contribution < 1.29 is 13.2 Å². The summed E-state index contributed by atoms with van der Waals surface area (Å²) in [6.07, 6.45) is 0. The van der Waals surface area contributed by atoms with Crippen LogP contribution in [-0.4, -0.2) is 14.3 Å². The van der Waals surface area contributed by atoms with Crippen LogP contribution in [0.1, 0.15) is 27.0 Å². The molecule has 29 heavy (non-hydrogen) atoms. The maximum absolute atomic E-state index is 13.0. The molecule has 0 aliphatic heterocycles. The third kappa shape index (κ3) is 4.96. The number of hydrogen-bond acceptors (Lipinski definition) is 3. The van der Waals surface area contributed by atoms with Gasteiger partial charge in [-0.1, -0.05) is 35.9 Å². The van der Waals surface area contributed by atoms with Gasteiger partial charge in [-0.25, -0.2) is 8.42 Å². The van der Waals surface area contributed by atoms with E-state index in [-0.39, 0.29) is 10.5 Å². The standard InChI is InChI=1S/C22H21ClN2O3S/c1-14-10-15(2)12-18(11-14)25-29(27,28)21-13-17(9-8-16(21)3)22(26)24-20-7-5-4-6-19(20)23/h4-13,25H,1-3H3,(H,24,26). The van der Waals surface area contributed by atoms with Gasteiger partial charge in [0.1, 0.15) is 0 Å². The smallest absolute Gasteiger partial charge is 0.262 e. The summed E-state index contributed by atoms with van der Waals surface area (Å²) in [7, 11) is -3.87. The molecule has 150 valence electrons. The van der Waals surface area contributed by atoms with E-state index in [4.69, 9.17) is 11.6 Å². The fraction of sp³-hybridized carbons (Fsp3) is 0.136. The number of carbonyl (C=O) groups excluding carboxylic acids is 1. The molecule has 1 amide bonds. The molecule has 0 unspecified atom stereocenters. The molecule has 0 fully saturated rings. The fourth-order valence-corrected chi connectivity index (χ4v) is 4.53. The summed E-state index contributed by atoms with van der Waals surface area (Å²) in [5.41, 5.74) is 3.59. The van der Waals surface area contributed by atoms with Crippen molar-refractivity contribution >= 4 is 38.9 Å². The van der Waals surface area contributed by atoms with Gasteiger partial charge in [0.15, 0.2) is 0 Å². The molecule has 2 N–H and O–H groups in total. The van der Waals surface area contributed by atoms with E-state index in [9.17, 15) is 13.2 Å². The van der Waals surface area contributed by atoms with Gasteiger partial charge in [-0.05, 0) is 73.9 Å². The van der Waals surface area contributed by atoms with Gasteiger partial charge in [-0.3, -0.25) is 9.52 Å². The van der Waals surface area contributed by atoms with Crippen LogP contribution in [0.2, 0.25) is 5.02 Å². The van der Waals surface area contributed by atoms with Gasteiger partial charge >= 0.3 is 0 Å². The van der Waals surface area contributed by atoms with Crippen LogP contribution in [0.4, 0.5) is 11.4 Å². The Kier molecular flexibility index (Phi) is 5.96. The first-order chi connectivity index (χ1) is 13.7. The van der Waals surface area contributed by atoms with E-state index in [1.54, 1.807) is 55.5 Å². The molecular formula is C22H21ClN2O3S. The molecule has 0 saturated heterocycles. The zero-order chi connectivity index (χ0) is 21.2. The predicted octanol–water partition coefficient (Wildman–Crippen LogP) is 5.32. The Labute approximate surface area is 175 Å². The van der Waals surface area contributed by atoms with Crippen LogP contribution in [-0.2, 0) is 10.0 Å². The molecule has 3 aromatic rings. The van der Waals surface area contributed by atoms with E-state index in [0.29, 0.717) is 22.0 Å². The molecule has 0 radical (unpaired) electrons. The SMILES string of the molecule is Cc1cc(C)cc(NS(=O)(=O)c2cc(C(=O)Nc3ccccc3Cl)ccc2C)c1. The molecule has 0 saturated carbocycles. The van der Waals surface area contributed by atoms with Gasteiger partial charge in [-0.15, -0.1) is 0 Å². The number of para-hydroxylation sites is 1. The van der Waals surface area contributed by atoms with Crippen LogP contribution in [0.3, 0.4) is 0 Å². The second-order valence-corrected chi connectivity index (χ2v) is 8.95. The first-order valence-corrected chi connectivity index (χ1v) is 10.8. The molecule has 7 heteroatoms. The molecule has 0 spiro atoms. The molecule has 0 bridgehead atoms. The number of aryl methyl sites for hydroxylation is 3. The highest BCUT2D eigenvalue weighted by molar-refractivity contribution is 7.92. The van der Waals surface area contributed by atoms with Crippen molar-refractivity contribution in [1.82, 2.24) is 0 Å². The van der Waals surface area contributed by atoms with Gasteiger partial charge in [0.05, 0.1) is 15.6 Å². The molecule has 0 atom stereocenters. The number of anilines is 2. The first-order valence-electron chi connectivity index (χ1n) is 8.93. The van der Waals surface area contributed by atoms with Crippen molar-refractivity contribution in [3.05, 3.63) is 87.9 Å². The molecule has 0 aliphatic rings. The van der Waals surface area contributed by atoms with Crippen molar-refractivity contribution in [2.24, 2.45) is 0 Å². The number of amides is 1. The van der Waals surface area contributed by atoms with Crippen molar-refractivity contribution in [1.29, 1.82) is 0 Å². The lowest BCUT2D eigenvalue weighted by atomic mass is 10.1. The Morgan fingerprint density at radius 3 is 2.21 bits per heavy atom. The van der Waals surface area contributed by atoms with E-state index in [1.165, 1.54) is 6.07 Å². The number of halogens is 1. The Hall–Kier alpha value is -2.83. The topological polar surface area (TPSA) is 75.3 Å². The third-order valence-corrected chi connectivity index (χ3v) is 6.19. The average molecular weight is 429 g/mol. The number of sulfonamides is 1. The molecule has 0 heterocycles. The zero-order valence-corrected chi connectivity index (χ0v) is 17.9. The van der Waals surface area contributed by atoms with E-state index in [0.717, 1.165) is 11.1 Å². The second kappa shape index (κ2) is 8.27. The highest BCUT2D eigenvalue weighted by atomic mass is 35.5. The maximum atomic E-state index is 13.0. The second-order valence-electron chi connectivity index (χ2n) is 6.90. The van der Waals surface area contributed by atoms with Crippen molar-refractivity contribution in [3.8, 4) is 0 Å². The Balaban J connectivity index is 1.91. The van der Waals surface area contributed by atoms with Gasteiger partial charge < -0.3 is 5.32 Å². The summed E-state index contributed by atoms with van der Waals surface area (Å²) in [5, 5.41) is 3.10. The molecule has 5 nitrogen and oxygen atoms in total. The van der Waals surface area contributed by atoms with E-state index >= 15 is 0 Å². The normalized spacial score (nSPS) is 11.2. The Bertz CT molecular complexity index is 1170. The molecule has 3 aromatic carbocycles. The van der Waals surface area contributed by atoms with E-state index in [1.807, 2.05) is 19.9 Å². The Morgan fingerprint density at radius 2 is 1.55 bits per heavy atom. The van der Waals surface area contributed by atoms with Gasteiger partial charge in [0, 0.05) is 11.3 Å². The Morgan fingerprint density at radius 1 is 0.897 bits per heavy atom. The van der Waals surface area contributed by atoms with Crippen LogP contribution >= 0.6 is 11.6 Å². The summed E-state index contributed by atoms with van der Waals surface area (Å²) < 4.78 is 28.5. The van der Waals surface area contributed by atoms with Crippen molar-refractivity contribution in [2.75, 3.05) is 10.0 Å². The largest absolute Gasteiger partial charge is 0.321 e. The van der Waals surface area contributed by atoms with E-state index < -0.39 is 15.9 Å². The highest BCUT2D eigenvalue weighted by Gasteiger charge is 2.20.